The molecule has 0 fully saturated rings. The number of rotatable bonds is 1. The van der Waals surface area contributed by atoms with Gasteiger partial charge in [0.15, 0.2) is 0 Å². The van der Waals surface area contributed by atoms with Gasteiger partial charge in [0.25, 0.3) is 0 Å². The van der Waals surface area contributed by atoms with E-state index in [0.717, 1.165) is 0 Å². The van der Waals surface area contributed by atoms with Gasteiger partial charge in [0.2, 0.25) is 0 Å². The largest absolute Gasteiger partial charge is 0.229 e. The molecule has 52 valence electrons. The summed E-state index contributed by atoms with van der Waals surface area (Å²) in [5.74, 6) is -0.283. The van der Waals surface area contributed by atoms with Crippen molar-refractivity contribution in [1.82, 2.24) is 0 Å². The topological polar surface area (TPSA) is 36.2 Å². The second kappa shape index (κ2) is 3.22. The van der Waals surface area contributed by atoms with E-state index in [2.05, 4.69) is 4.36 Å². The van der Waals surface area contributed by atoms with Gasteiger partial charge in [-0.05, 0) is 24.3 Å². The third kappa shape index (κ3) is 1.73. The number of nitrogens with zero attached hydrogens (tertiary/aromatic N) is 1. The summed E-state index contributed by atoms with van der Waals surface area (Å²) in [6.07, 6.45) is 0. The van der Waals surface area contributed by atoms with Gasteiger partial charge in [-0.15, -0.1) is 0 Å². The van der Waals surface area contributed by atoms with Crippen LogP contribution in [-0.2, 0) is 11.4 Å². The van der Waals surface area contributed by atoms with Crippen molar-refractivity contribution in [2.45, 2.75) is 0 Å². The van der Waals surface area contributed by atoms with Crippen LogP contribution in [0.1, 0.15) is 0 Å². The van der Waals surface area contributed by atoms with Crippen LogP contribution in [0.4, 0.5) is 10.1 Å². The summed E-state index contributed by atoms with van der Waals surface area (Å²) < 4.78 is 22.5. The van der Waals surface area contributed by atoms with E-state index in [9.17, 15) is 4.39 Å². The van der Waals surface area contributed by atoms with Crippen molar-refractivity contribution >= 4 is 17.0 Å². The number of hydrogen-bond acceptors (Lipinski definition) is 2. The van der Waals surface area contributed by atoms with Crippen molar-refractivity contribution in [1.29, 1.82) is 4.78 Å². The molecule has 1 aromatic rings. The minimum absolute atomic E-state index is 0.283. The lowest BCUT2D eigenvalue weighted by atomic mass is 10.3. The molecule has 10 heavy (non-hydrogen) atoms. The first-order valence-corrected chi connectivity index (χ1v) is 3.39. The number of benzene rings is 1. The Morgan fingerprint density at radius 1 is 1.30 bits per heavy atom. The van der Waals surface area contributed by atoms with Gasteiger partial charge in [-0.3, -0.25) is 0 Å². The molecule has 0 aliphatic rings. The molecular weight excluding hydrogens is 151 g/mol. The molecule has 0 saturated heterocycles. The van der Waals surface area contributed by atoms with Crippen LogP contribution >= 0.6 is 0 Å². The molecule has 0 saturated carbocycles. The van der Waals surface area contributed by atoms with E-state index in [-0.39, 0.29) is 5.82 Å². The molecule has 2 nitrogen and oxygen atoms in total. The molecule has 0 unspecified atom stereocenters. The van der Waals surface area contributed by atoms with Gasteiger partial charge in [0.05, 0.1) is 17.0 Å². The number of halogens is 1. The average Bonchev–Trinajstić information content (AvgIpc) is 1.95. The van der Waals surface area contributed by atoms with Gasteiger partial charge in [-0.25, -0.2) is 9.17 Å². The fourth-order valence-corrected chi connectivity index (χ4v) is 0.782. The zero-order valence-corrected chi connectivity index (χ0v) is 5.86. The van der Waals surface area contributed by atoms with Crippen molar-refractivity contribution < 1.29 is 4.39 Å². The molecule has 0 bridgehead atoms. The van der Waals surface area contributed by atoms with Crippen LogP contribution in [0.2, 0.25) is 0 Å². The molecular formula is C6H5FN2S. The minimum atomic E-state index is -0.283. The van der Waals surface area contributed by atoms with E-state index in [1.54, 1.807) is 0 Å². The van der Waals surface area contributed by atoms with Gasteiger partial charge >= 0.3 is 0 Å². The molecule has 0 amide bonds. The predicted molar refractivity (Wildman–Crippen MR) is 38.6 cm³/mol. The lowest BCUT2D eigenvalue weighted by Crippen LogP contribution is -1.67. The Balaban J connectivity index is 3.00. The third-order valence-electron chi connectivity index (χ3n) is 0.978. The van der Waals surface area contributed by atoms with E-state index >= 15 is 0 Å². The highest BCUT2D eigenvalue weighted by Gasteiger charge is 1.87. The fraction of sp³-hybridized carbons (Fsp3) is 0. The summed E-state index contributed by atoms with van der Waals surface area (Å²) in [6, 6.07) is 5.68. The molecule has 0 aliphatic carbocycles. The third-order valence-corrected chi connectivity index (χ3v) is 1.28. The average molecular weight is 156 g/mol. The second-order valence-electron chi connectivity index (χ2n) is 1.66. The Morgan fingerprint density at radius 3 is 2.40 bits per heavy atom. The van der Waals surface area contributed by atoms with E-state index in [1.165, 1.54) is 24.3 Å². The van der Waals surface area contributed by atoms with Crippen molar-refractivity contribution in [2.24, 2.45) is 4.36 Å². The van der Waals surface area contributed by atoms with Crippen LogP contribution in [0.25, 0.3) is 0 Å². The SMILES string of the molecule is N=S=Nc1ccc(F)cc1. The summed E-state index contributed by atoms with van der Waals surface area (Å²) in [4.78, 5) is 0. The highest BCUT2D eigenvalue weighted by atomic mass is 32.1. The van der Waals surface area contributed by atoms with Crippen LogP contribution in [0.3, 0.4) is 0 Å². The maximum Gasteiger partial charge on any atom is 0.123 e. The number of hydrogen-bond donors (Lipinski definition) is 1. The Labute approximate surface area is 61.4 Å². The Hall–Kier alpha value is -1.03. The lowest BCUT2D eigenvalue weighted by molar-refractivity contribution is 0.628. The highest BCUT2D eigenvalue weighted by Crippen LogP contribution is 2.10. The Morgan fingerprint density at radius 2 is 1.90 bits per heavy atom. The Kier molecular flexibility index (Phi) is 2.28. The maximum atomic E-state index is 12.2. The van der Waals surface area contributed by atoms with Crippen LogP contribution in [-0.4, -0.2) is 0 Å². The van der Waals surface area contributed by atoms with Crippen molar-refractivity contribution in [3.05, 3.63) is 30.1 Å². The van der Waals surface area contributed by atoms with E-state index < -0.39 is 0 Å². The first-order valence-electron chi connectivity index (χ1n) is 2.62. The zero-order valence-electron chi connectivity index (χ0n) is 5.04. The van der Waals surface area contributed by atoms with E-state index in [0.29, 0.717) is 17.0 Å². The number of nitrogens with one attached hydrogen (secondary N) is 1. The molecule has 0 heterocycles. The highest BCUT2D eigenvalue weighted by molar-refractivity contribution is 7.56. The predicted octanol–water partition coefficient (Wildman–Crippen LogP) is 2.49. The molecule has 0 radical (unpaired) electrons. The molecule has 0 aliphatic heterocycles. The van der Waals surface area contributed by atoms with Gasteiger partial charge in [-0.2, -0.15) is 4.36 Å². The summed E-state index contributed by atoms with van der Waals surface area (Å²) in [5, 5.41) is 0. The van der Waals surface area contributed by atoms with Crippen LogP contribution < -0.4 is 0 Å². The summed E-state index contributed by atoms with van der Waals surface area (Å²) in [7, 11) is 0. The van der Waals surface area contributed by atoms with Crippen molar-refractivity contribution in [3.8, 4) is 0 Å². The zero-order chi connectivity index (χ0) is 7.40. The molecule has 1 N–H and O–H groups in total. The normalized spacial score (nSPS) is 8.90. The molecule has 1 aromatic carbocycles. The van der Waals surface area contributed by atoms with Crippen LogP contribution in [0.15, 0.2) is 28.6 Å². The van der Waals surface area contributed by atoms with E-state index in [4.69, 9.17) is 4.78 Å². The van der Waals surface area contributed by atoms with Gasteiger partial charge in [-0.1, -0.05) is 0 Å². The summed E-state index contributed by atoms with van der Waals surface area (Å²) in [6.45, 7) is 0. The maximum absolute atomic E-state index is 12.2. The molecule has 1 rings (SSSR count). The quantitative estimate of drug-likeness (QED) is 0.648. The molecule has 0 spiro atoms. The standard InChI is InChI=1S/C6H5FN2S/c7-5-1-3-6(4-2-5)9-10-8/h1-4,8H. The van der Waals surface area contributed by atoms with Crippen molar-refractivity contribution in [2.75, 3.05) is 0 Å². The van der Waals surface area contributed by atoms with Crippen LogP contribution in [0, 0.1) is 10.6 Å². The van der Waals surface area contributed by atoms with Crippen LogP contribution in [0.5, 0.6) is 0 Å². The smallest absolute Gasteiger partial charge is 0.123 e. The fourth-order valence-electron chi connectivity index (χ4n) is 0.555. The van der Waals surface area contributed by atoms with Gasteiger partial charge in [0, 0.05) is 0 Å². The second-order valence-corrected chi connectivity index (χ2v) is 2.02. The summed E-state index contributed by atoms with van der Waals surface area (Å²) >= 11 is 0.613. The molecule has 4 heteroatoms. The monoisotopic (exact) mass is 156 g/mol. The van der Waals surface area contributed by atoms with Crippen molar-refractivity contribution in [3.63, 3.8) is 0 Å². The van der Waals surface area contributed by atoms with E-state index in [1.807, 2.05) is 0 Å². The van der Waals surface area contributed by atoms with Gasteiger partial charge < -0.3 is 0 Å². The Bertz CT molecular complexity index is 264. The minimum Gasteiger partial charge on any atom is -0.229 e. The first kappa shape index (κ1) is 7.08. The van der Waals surface area contributed by atoms with Gasteiger partial charge in [0.1, 0.15) is 5.82 Å². The molecule has 0 aromatic heterocycles. The summed E-state index contributed by atoms with van der Waals surface area (Å²) in [5.41, 5.74) is 0.612. The lowest BCUT2D eigenvalue weighted by Gasteiger charge is -1.87. The first-order chi connectivity index (χ1) is 4.83. The molecule has 0 atom stereocenters.